The second kappa shape index (κ2) is 7.92. The first-order valence-corrected chi connectivity index (χ1v) is 8.87. The van der Waals surface area contributed by atoms with Crippen molar-refractivity contribution < 1.29 is 14.5 Å². The largest absolute Gasteiger partial charge is 0.479 e. The number of benzene rings is 1. The molecule has 8 nitrogen and oxygen atoms in total. The van der Waals surface area contributed by atoms with E-state index >= 15 is 0 Å². The summed E-state index contributed by atoms with van der Waals surface area (Å²) in [5, 5.41) is 13.3. The van der Waals surface area contributed by atoms with E-state index in [4.69, 9.17) is 4.74 Å². The number of carbonyl (C=O) groups excluding carboxylic acids is 1. The van der Waals surface area contributed by atoms with Gasteiger partial charge in [-0.2, -0.15) is 0 Å². The highest BCUT2D eigenvalue weighted by molar-refractivity contribution is 7.14. The fourth-order valence-electron chi connectivity index (χ4n) is 2.44. The zero-order valence-corrected chi connectivity index (χ0v) is 15.5. The maximum Gasteiger partial charge on any atom is 0.406 e. The predicted octanol–water partition coefficient (Wildman–Crippen LogP) is 4.02. The van der Waals surface area contributed by atoms with E-state index in [1.165, 1.54) is 35.4 Å². The fourth-order valence-corrected chi connectivity index (χ4v) is 3.31. The van der Waals surface area contributed by atoms with E-state index in [1.807, 2.05) is 31.2 Å². The number of nitrogens with zero attached hydrogens (tertiary/aromatic N) is 4. The third kappa shape index (κ3) is 4.26. The molecule has 0 saturated carbocycles. The van der Waals surface area contributed by atoms with Crippen LogP contribution < -0.4 is 9.64 Å². The van der Waals surface area contributed by atoms with Crippen LogP contribution in [0.3, 0.4) is 0 Å². The first kappa shape index (κ1) is 18.5. The Kier molecular flexibility index (Phi) is 5.41. The van der Waals surface area contributed by atoms with Crippen molar-refractivity contribution >= 4 is 33.9 Å². The van der Waals surface area contributed by atoms with Crippen molar-refractivity contribution in [3.8, 4) is 5.75 Å². The van der Waals surface area contributed by atoms with Gasteiger partial charge in [-0.3, -0.25) is 9.69 Å². The summed E-state index contributed by atoms with van der Waals surface area (Å²) < 4.78 is 5.50. The van der Waals surface area contributed by atoms with E-state index in [9.17, 15) is 14.9 Å². The lowest BCUT2D eigenvalue weighted by atomic mass is 10.2. The number of anilines is 2. The van der Waals surface area contributed by atoms with Crippen molar-refractivity contribution in [1.82, 2.24) is 9.97 Å². The Morgan fingerprint density at radius 2 is 2.15 bits per heavy atom. The van der Waals surface area contributed by atoms with Gasteiger partial charge in [-0.05, 0) is 46.7 Å². The highest BCUT2D eigenvalue weighted by Gasteiger charge is 2.19. The van der Waals surface area contributed by atoms with E-state index in [0.717, 1.165) is 11.3 Å². The molecule has 0 saturated heterocycles. The number of hydrogen-bond donors (Lipinski definition) is 0. The fraction of sp³-hybridized carbons (Fsp3) is 0.167. The molecular formula is C18H16N4O4S. The Balaban J connectivity index is 1.80. The molecule has 1 amide bonds. The number of aromatic nitrogens is 2. The maximum absolute atomic E-state index is 12.1. The lowest BCUT2D eigenvalue weighted by Gasteiger charge is -2.18. The molecule has 0 aliphatic carbocycles. The molecule has 0 aliphatic rings. The Bertz CT molecular complexity index is 989. The van der Waals surface area contributed by atoms with Gasteiger partial charge in [0.2, 0.25) is 11.7 Å². The van der Waals surface area contributed by atoms with Crippen LogP contribution in [0.4, 0.5) is 16.6 Å². The lowest BCUT2D eigenvalue weighted by molar-refractivity contribution is -0.390. The normalized spacial score (nSPS) is 10.4. The maximum atomic E-state index is 12.1. The van der Waals surface area contributed by atoms with Crippen LogP contribution in [0.25, 0.3) is 0 Å². The number of carbonyl (C=O) groups is 1. The smallest absolute Gasteiger partial charge is 0.406 e. The molecule has 0 bridgehead atoms. The van der Waals surface area contributed by atoms with E-state index in [-0.39, 0.29) is 24.1 Å². The van der Waals surface area contributed by atoms with Crippen LogP contribution >= 0.6 is 11.3 Å². The highest BCUT2D eigenvalue weighted by Crippen LogP contribution is 2.30. The van der Waals surface area contributed by atoms with Gasteiger partial charge in [-0.15, -0.1) is 11.3 Å². The molecule has 0 atom stereocenters. The molecule has 3 aromatic rings. The van der Waals surface area contributed by atoms with Gasteiger partial charge in [0, 0.05) is 12.3 Å². The lowest BCUT2D eigenvalue weighted by Crippen LogP contribution is -2.22. The molecule has 1 aromatic carbocycles. The van der Waals surface area contributed by atoms with E-state index < -0.39 is 4.92 Å². The van der Waals surface area contributed by atoms with Gasteiger partial charge in [0.15, 0.2) is 5.13 Å². The Hall–Kier alpha value is -3.33. The van der Waals surface area contributed by atoms with Crippen molar-refractivity contribution in [1.29, 1.82) is 0 Å². The molecule has 3 rings (SSSR count). The van der Waals surface area contributed by atoms with Gasteiger partial charge in [0.05, 0.1) is 11.4 Å². The third-order valence-corrected chi connectivity index (χ3v) is 4.48. The van der Waals surface area contributed by atoms with Crippen molar-refractivity contribution in [2.45, 2.75) is 20.5 Å². The Labute approximate surface area is 159 Å². The number of aryl methyl sites for hydroxylation is 1. The number of thiazole rings is 1. The summed E-state index contributed by atoms with van der Waals surface area (Å²) in [6.45, 7) is 3.45. The van der Waals surface area contributed by atoms with Crippen molar-refractivity contribution in [2.24, 2.45) is 0 Å². The minimum atomic E-state index is -0.600. The van der Waals surface area contributed by atoms with Gasteiger partial charge in [0.1, 0.15) is 12.8 Å². The van der Waals surface area contributed by atoms with Gasteiger partial charge in [-0.25, -0.2) is 4.98 Å². The molecule has 2 aromatic heterocycles. The molecule has 0 radical (unpaired) electrons. The van der Waals surface area contributed by atoms with Crippen LogP contribution in [-0.2, 0) is 11.4 Å². The number of rotatable bonds is 6. The number of nitro groups is 1. The predicted molar refractivity (Wildman–Crippen MR) is 101 cm³/mol. The van der Waals surface area contributed by atoms with Crippen LogP contribution in [0.2, 0.25) is 0 Å². The topological polar surface area (TPSA) is 98.5 Å². The van der Waals surface area contributed by atoms with Crippen LogP contribution in [-0.4, -0.2) is 20.8 Å². The molecule has 27 heavy (non-hydrogen) atoms. The third-order valence-electron chi connectivity index (χ3n) is 3.61. The van der Waals surface area contributed by atoms with Crippen LogP contribution in [0.1, 0.15) is 18.2 Å². The molecule has 9 heteroatoms. The zero-order chi connectivity index (χ0) is 19.4. The monoisotopic (exact) mass is 384 g/mol. The summed E-state index contributed by atoms with van der Waals surface area (Å²) >= 11 is 1.30. The van der Waals surface area contributed by atoms with Crippen molar-refractivity contribution in [3.63, 3.8) is 0 Å². The second-order valence-corrected chi connectivity index (χ2v) is 6.52. The van der Waals surface area contributed by atoms with E-state index in [1.54, 1.807) is 11.4 Å². The molecule has 0 aliphatic heterocycles. The first-order chi connectivity index (χ1) is 13.0. The number of hydrogen-bond acceptors (Lipinski definition) is 7. The number of pyridine rings is 1. The second-order valence-electron chi connectivity index (χ2n) is 5.69. The quantitative estimate of drug-likeness (QED) is 0.470. The Morgan fingerprint density at radius 3 is 2.85 bits per heavy atom. The van der Waals surface area contributed by atoms with Crippen molar-refractivity contribution in [3.05, 3.63) is 69.3 Å². The SMILES string of the molecule is CC(=O)N(c1cccc(C)c1)c1nc(COc2cccnc2[N+](=O)[O-])cs1. The van der Waals surface area contributed by atoms with Gasteiger partial charge in [0.25, 0.3) is 0 Å². The van der Waals surface area contributed by atoms with Crippen molar-refractivity contribution in [2.75, 3.05) is 4.90 Å². The molecule has 0 N–H and O–H groups in total. The minimum Gasteiger partial charge on any atom is -0.479 e. The van der Waals surface area contributed by atoms with Crippen LogP contribution in [0.5, 0.6) is 5.75 Å². The van der Waals surface area contributed by atoms with Crippen LogP contribution in [0, 0.1) is 17.0 Å². The average molecular weight is 384 g/mol. The molecule has 2 heterocycles. The molecule has 138 valence electrons. The summed E-state index contributed by atoms with van der Waals surface area (Å²) in [5.74, 6) is -0.442. The zero-order valence-electron chi connectivity index (χ0n) is 14.7. The molecule has 0 fully saturated rings. The Morgan fingerprint density at radius 1 is 1.33 bits per heavy atom. The minimum absolute atomic E-state index is 0.0304. The average Bonchev–Trinajstić information content (AvgIpc) is 3.08. The van der Waals surface area contributed by atoms with E-state index in [2.05, 4.69) is 9.97 Å². The summed E-state index contributed by atoms with van der Waals surface area (Å²) in [4.78, 5) is 32.2. The molecular weight excluding hydrogens is 368 g/mol. The number of ether oxygens (including phenoxy) is 1. The van der Waals surface area contributed by atoms with Crippen LogP contribution in [0.15, 0.2) is 48.0 Å². The number of amides is 1. The summed E-state index contributed by atoms with van der Waals surface area (Å²) in [6.07, 6.45) is 1.33. The van der Waals surface area contributed by atoms with Gasteiger partial charge < -0.3 is 14.9 Å². The summed E-state index contributed by atoms with van der Waals surface area (Å²) in [5.41, 5.74) is 2.32. The van der Waals surface area contributed by atoms with E-state index in [0.29, 0.717) is 10.8 Å². The summed E-state index contributed by atoms with van der Waals surface area (Å²) in [6, 6.07) is 10.6. The molecule has 0 unspecified atom stereocenters. The van der Waals surface area contributed by atoms with Gasteiger partial charge >= 0.3 is 5.82 Å². The van der Waals surface area contributed by atoms with Gasteiger partial charge in [-0.1, -0.05) is 12.1 Å². The molecule has 0 spiro atoms. The highest BCUT2D eigenvalue weighted by atomic mass is 32.1. The standard InChI is InChI=1S/C18H16N4O4S/c1-12-5-3-6-15(9-12)21(13(2)23)18-20-14(11-27-18)10-26-16-7-4-8-19-17(16)22(24)25/h3-9,11H,10H2,1-2H3. The first-order valence-electron chi connectivity index (χ1n) is 7.99. The summed E-state index contributed by atoms with van der Waals surface area (Å²) in [7, 11) is 0.